The Balaban J connectivity index is 2.20. The molecule has 1 N–H and O–H groups in total. The molecule has 1 aromatic carbocycles. The average molecular weight is 276 g/mol. The monoisotopic (exact) mass is 276 g/mol. The quantitative estimate of drug-likeness (QED) is 0.911. The first-order valence-corrected chi connectivity index (χ1v) is 6.83. The molecule has 0 unspecified atom stereocenters. The van der Waals surface area contributed by atoms with Crippen LogP contribution in [0, 0.1) is 0 Å². The molecule has 0 fully saturated rings. The first-order valence-electron chi connectivity index (χ1n) is 5.95. The molecule has 2 rings (SSSR count). The highest BCUT2D eigenvalue weighted by Crippen LogP contribution is 2.18. The van der Waals surface area contributed by atoms with E-state index in [1.54, 1.807) is 5.38 Å². The summed E-state index contributed by atoms with van der Waals surface area (Å²) >= 11 is 1.39. The summed E-state index contributed by atoms with van der Waals surface area (Å²) in [6.07, 6.45) is 0.682. The predicted octanol–water partition coefficient (Wildman–Crippen LogP) is 2.49. The Kier molecular flexibility index (Phi) is 4.29. The first-order chi connectivity index (χ1) is 9.06. The number of carbonyl (C=O) groups is 1. The number of nitrogens with zero attached hydrogens (tertiary/aromatic N) is 2. The van der Waals surface area contributed by atoms with Crippen LogP contribution in [0.1, 0.15) is 26.6 Å². The van der Waals surface area contributed by atoms with Crippen molar-refractivity contribution in [2.24, 2.45) is 0 Å². The molecule has 5 heteroatoms. The molecule has 0 saturated carbocycles. The Bertz CT molecular complexity index is 578. The van der Waals surface area contributed by atoms with E-state index in [0.717, 1.165) is 11.6 Å². The van der Waals surface area contributed by atoms with Gasteiger partial charge in [-0.05, 0) is 25.2 Å². The molecule has 0 radical (unpaired) electrons. The maximum atomic E-state index is 10.8. The molecular formula is C14H16N2O2S. The number of hydrogen-bond acceptors (Lipinski definition) is 4. The molecule has 0 amide bonds. The molecule has 19 heavy (non-hydrogen) atoms. The highest BCUT2D eigenvalue weighted by molar-refractivity contribution is 7.09. The number of hydrogen-bond donors (Lipinski definition) is 1. The molecule has 100 valence electrons. The van der Waals surface area contributed by atoms with Gasteiger partial charge in [0.15, 0.2) is 5.69 Å². The van der Waals surface area contributed by atoms with Crippen molar-refractivity contribution in [1.29, 1.82) is 0 Å². The molecular weight excluding hydrogens is 260 g/mol. The molecule has 2 aromatic rings. The van der Waals surface area contributed by atoms with Crippen molar-refractivity contribution >= 4 is 17.3 Å². The molecule has 4 nitrogen and oxygen atoms in total. The third-order valence-corrected chi connectivity index (χ3v) is 3.57. The van der Waals surface area contributed by atoms with Crippen molar-refractivity contribution in [1.82, 2.24) is 9.88 Å². The largest absolute Gasteiger partial charge is 0.476 e. The van der Waals surface area contributed by atoms with E-state index in [-0.39, 0.29) is 5.69 Å². The van der Waals surface area contributed by atoms with Crippen LogP contribution in [0.3, 0.4) is 0 Å². The Morgan fingerprint density at radius 3 is 2.58 bits per heavy atom. The zero-order chi connectivity index (χ0) is 13.8. The zero-order valence-corrected chi connectivity index (χ0v) is 11.8. The number of benzene rings is 1. The van der Waals surface area contributed by atoms with Gasteiger partial charge in [-0.15, -0.1) is 11.3 Å². The van der Waals surface area contributed by atoms with Crippen molar-refractivity contribution in [3.63, 3.8) is 0 Å². The summed E-state index contributed by atoms with van der Waals surface area (Å²) in [5.74, 6) is -0.968. The minimum absolute atomic E-state index is 0.130. The molecule has 1 aromatic heterocycles. The van der Waals surface area contributed by atoms with Gasteiger partial charge in [-0.2, -0.15) is 0 Å². The predicted molar refractivity (Wildman–Crippen MR) is 75.7 cm³/mol. The van der Waals surface area contributed by atoms with Crippen LogP contribution in [0.25, 0.3) is 0 Å². The van der Waals surface area contributed by atoms with Crippen LogP contribution in [0.5, 0.6) is 0 Å². The maximum absolute atomic E-state index is 10.8. The Morgan fingerprint density at radius 2 is 2.00 bits per heavy atom. The fourth-order valence-corrected chi connectivity index (χ4v) is 2.67. The van der Waals surface area contributed by atoms with E-state index in [1.807, 2.05) is 26.2 Å². The van der Waals surface area contributed by atoms with Crippen LogP contribution in [-0.2, 0) is 13.0 Å². The average Bonchev–Trinajstić information content (AvgIpc) is 2.80. The van der Waals surface area contributed by atoms with Crippen LogP contribution in [0.15, 0.2) is 29.6 Å². The molecule has 1 heterocycles. The Hall–Kier alpha value is -1.72. The van der Waals surface area contributed by atoms with E-state index < -0.39 is 5.97 Å². The summed E-state index contributed by atoms with van der Waals surface area (Å²) in [4.78, 5) is 17.1. The third-order valence-electron chi connectivity index (χ3n) is 2.72. The standard InChI is InChI=1S/C14H16N2O2S/c1-16(2)8-11-6-4-3-5-10(11)7-13-15-12(9-19-13)14(17)18/h3-6,9H,7-8H2,1-2H3,(H,17,18). The third kappa shape index (κ3) is 3.62. The van der Waals surface area contributed by atoms with E-state index in [2.05, 4.69) is 22.0 Å². The zero-order valence-electron chi connectivity index (χ0n) is 11.0. The van der Waals surface area contributed by atoms with Gasteiger partial charge in [-0.1, -0.05) is 24.3 Å². The second kappa shape index (κ2) is 5.95. The highest BCUT2D eigenvalue weighted by Gasteiger charge is 2.10. The van der Waals surface area contributed by atoms with Crippen LogP contribution < -0.4 is 0 Å². The van der Waals surface area contributed by atoms with E-state index in [0.29, 0.717) is 6.42 Å². The number of aromatic nitrogens is 1. The van der Waals surface area contributed by atoms with Crippen molar-refractivity contribution in [2.75, 3.05) is 14.1 Å². The SMILES string of the molecule is CN(C)Cc1ccccc1Cc1nc(C(=O)O)cs1. The number of rotatable bonds is 5. The van der Waals surface area contributed by atoms with Gasteiger partial charge in [-0.3, -0.25) is 0 Å². The maximum Gasteiger partial charge on any atom is 0.355 e. The molecule has 0 spiro atoms. The molecule has 0 aliphatic rings. The first kappa shape index (κ1) is 13.7. The van der Waals surface area contributed by atoms with E-state index in [1.165, 1.54) is 22.5 Å². The van der Waals surface area contributed by atoms with Gasteiger partial charge in [0, 0.05) is 18.3 Å². The van der Waals surface area contributed by atoms with Gasteiger partial charge >= 0.3 is 5.97 Å². The van der Waals surface area contributed by atoms with Crippen molar-refractivity contribution in [3.8, 4) is 0 Å². The van der Waals surface area contributed by atoms with Crippen molar-refractivity contribution < 1.29 is 9.90 Å². The summed E-state index contributed by atoms with van der Waals surface area (Å²) in [7, 11) is 4.06. The smallest absolute Gasteiger partial charge is 0.355 e. The van der Waals surface area contributed by atoms with Gasteiger partial charge in [0.1, 0.15) is 0 Å². The van der Waals surface area contributed by atoms with E-state index in [4.69, 9.17) is 5.11 Å². The van der Waals surface area contributed by atoms with Crippen LogP contribution in [0.2, 0.25) is 0 Å². The van der Waals surface area contributed by atoms with Crippen molar-refractivity contribution in [2.45, 2.75) is 13.0 Å². The second-order valence-corrected chi connectivity index (χ2v) is 5.56. The lowest BCUT2D eigenvalue weighted by molar-refractivity contribution is 0.0691. The topological polar surface area (TPSA) is 53.4 Å². The number of aromatic carboxylic acids is 1. The van der Waals surface area contributed by atoms with Gasteiger partial charge < -0.3 is 10.0 Å². The lowest BCUT2D eigenvalue weighted by Gasteiger charge is -2.13. The van der Waals surface area contributed by atoms with Gasteiger partial charge in [-0.25, -0.2) is 9.78 Å². The molecule has 0 aliphatic carbocycles. The van der Waals surface area contributed by atoms with Crippen molar-refractivity contribution in [3.05, 3.63) is 51.5 Å². The summed E-state index contributed by atoms with van der Waals surface area (Å²) < 4.78 is 0. The summed E-state index contributed by atoms with van der Waals surface area (Å²) in [6, 6.07) is 8.19. The molecule has 0 aliphatic heterocycles. The Morgan fingerprint density at radius 1 is 1.32 bits per heavy atom. The Labute approximate surface area is 116 Å². The summed E-state index contributed by atoms with van der Waals surface area (Å²) in [6.45, 7) is 0.868. The lowest BCUT2D eigenvalue weighted by Crippen LogP contribution is -2.12. The normalized spacial score (nSPS) is 10.9. The van der Waals surface area contributed by atoms with E-state index >= 15 is 0 Å². The lowest BCUT2D eigenvalue weighted by atomic mass is 10.0. The van der Waals surface area contributed by atoms with Gasteiger partial charge in [0.05, 0.1) is 5.01 Å². The fraction of sp³-hybridized carbons (Fsp3) is 0.286. The van der Waals surface area contributed by atoms with E-state index in [9.17, 15) is 4.79 Å². The number of thiazole rings is 1. The second-order valence-electron chi connectivity index (χ2n) is 4.61. The molecule has 0 bridgehead atoms. The highest BCUT2D eigenvalue weighted by atomic mass is 32.1. The summed E-state index contributed by atoms with van der Waals surface area (Å²) in [5.41, 5.74) is 2.58. The van der Waals surface area contributed by atoms with Gasteiger partial charge in [0.2, 0.25) is 0 Å². The molecule has 0 atom stereocenters. The van der Waals surface area contributed by atoms with Gasteiger partial charge in [0.25, 0.3) is 0 Å². The minimum Gasteiger partial charge on any atom is -0.476 e. The summed E-state index contributed by atoms with van der Waals surface area (Å²) in [5, 5.41) is 11.3. The fourth-order valence-electron chi connectivity index (χ4n) is 1.88. The molecule has 0 saturated heterocycles. The van der Waals surface area contributed by atoms with Crippen LogP contribution >= 0.6 is 11.3 Å². The minimum atomic E-state index is -0.968. The van der Waals surface area contributed by atoms with Crippen LogP contribution in [-0.4, -0.2) is 35.1 Å². The number of carboxylic acid groups (broad SMARTS) is 1. The van der Waals surface area contributed by atoms with Crippen LogP contribution in [0.4, 0.5) is 0 Å². The number of carboxylic acids is 1.